The van der Waals surface area contributed by atoms with E-state index >= 15 is 0 Å². The van der Waals surface area contributed by atoms with Crippen LogP contribution < -0.4 is 0 Å². The second-order valence-electron chi connectivity index (χ2n) is 9.61. The Kier molecular flexibility index (Phi) is 5.67. The van der Waals surface area contributed by atoms with Gasteiger partial charge in [-0.15, -0.1) is 0 Å². The molecule has 2 aliphatic carbocycles. The zero-order chi connectivity index (χ0) is 19.8. The fourth-order valence-electron chi connectivity index (χ4n) is 4.14. The lowest BCUT2D eigenvalue weighted by molar-refractivity contribution is 0.332. The van der Waals surface area contributed by atoms with Crippen LogP contribution in [0.15, 0.2) is 58.3 Å². The number of rotatable bonds is 6. The van der Waals surface area contributed by atoms with Crippen molar-refractivity contribution < 1.29 is 4.43 Å². The molecule has 0 spiro atoms. The smallest absolute Gasteiger partial charge is 0.183 e. The first-order valence-electron chi connectivity index (χ1n) is 10.1. The van der Waals surface area contributed by atoms with Gasteiger partial charge in [0, 0.05) is 6.61 Å². The molecule has 0 aromatic heterocycles. The Bertz CT molecular complexity index is 857. The minimum atomic E-state index is -1.54. The number of hydrogen-bond donors (Lipinski definition) is 0. The highest BCUT2D eigenvalue weighted by molar-refractivity contribution is 6.85. The maximum absolute atomic E-state index is 6.20. The largest absolute Gasteiger partial charge is 0.418 e. The molecule has 3 rings (SSSR count). The lowest BCUT2D eigenvalue weighted by Crippen LogP contribution is -2.34. The zero-order valence-corrected chi connectivity index (χ0v) is 20.1. The van der Waals surface area contributed by atoms with Gasteiger partial charge in [0.1, 0.15) is 0 Å². The molecule has 0 heterocycles. The Hall–Kier alpha value is -1.43. The molecule has 2 aliphatic rings. The van der Waals surface area contributed by atoms with Crippen molar-refractivity contribution >= 4 is 28.0 Å². The van der Waals surface area contributed by atoms with Gasteiger partial charge < -0.3 is 4.43 Å². The van der Waals surface area contributed by atoms with E-state index in [0.717, 1.165) is 13.0 Å². The van der Waals surface area contributed by atoms with E-state index in [9.17, 15) is 0 Å². The fourth-order valence-corrected chi connectivity index (χ4v) is 7.56. The van der Waals surface area contributed by atoms with Crippen molar-refractivity contribution in [3.05, 3.63) is 69.5 Å². The molecule has 1 aromatic carbocycles. The number of allylic oxidation sites excluding steroid dienone is 7. The van der Waals surface area contributed by atoms with Crippen molar-refractivity contribution in [1.29, 1.82) is 0 Å². The molecule has 0 unspecified atom stereocenters. The van der Waals surface area contributed by atoms with Gasteiger partial charge >= 0.3 is 0 Å². The number of benzene rings is 1. The second-order valence-corrected chi connectivity index (χ2v) is 18.9. The van der Waals surface area contributed by atoms with E-state index in [1.807, 2.05) is 0 Å². The maximum Gasteiger partial charge on any atom is 0.183 e. The maximum atomic E-state index is 6.20. The lowest BCUT2D eigenvalue weighted by Gasteiger charge is -2.28. The summed E-state index contributed by atoms with van der Waals surface area (Å²) in [6, 6.07) is 10.0. The van der Waals surface area contributed by atoms with E-state index in [4.69, 9.17) is 4.43 Å². The highest BCUT2D eigenvalue weighted by Gasteiger charge is 2.33. The topological polar surface area (TPSA) is 9.23 Å². The van der Waals surface area contributed by atoms with Gasteiger partial charge in [0.2, 0.25) is 0 Å². The van der Waals surface area contributed by atoms with Crippen LogP contribution in [0, 0.1) is 0 Å². The predicted molar refractivity (Wildman–Crippen MR) is 125 cm³/mol. The minimum absolute atomic E-state index is 0.911. The molecule has 0 N–H and O–H groups in total. The van der Waals surface area contributed by atoms with Crippen LogP contribution in [-0.4, -0.2) is 23.0 Å². The molecule has 0 radical (unpaired) electrons. The highest BCUT2D eigenvalue weighted by atomic mass is 28.4. The lowest BCUT2D eigenvalue weighted by atomic mass is 9.93. The van der Waals surface area contributed by atoms with Crippen molar-refractivity contribution in [2.75, 3.05) is 6.61 Å². The van der Waals surface area contributed by atoms with Crippen molar-refractivity contribution in [3.8, 4) is 0 Å². The van der Waals surface area contributed by atoms with Crippen LogP contribution in [0.25, 0.3) is 11.6 Å². The van der Waals surface area contributed by atoms with E-state index in [0.29, 0.717) is 0 Å². The number of hydrogen-bond acceptors (Lipinski definition) is 1. The molecule has 27 heavy (non-hydrogen) atoms. The van der Waals surface area contributed by atoms with Gasteiger partial charge in [-0.05, 0) is 79.9 Å². The molecule has 0 amide bonds. The highest BCUT2D eigenvalue weighted by Crippen LogP contribution is 2.46. The van der Waals surface area contributed by atoms with E-state index in [2.05, 4.69) is 89.1 Å². The molecule has 3 heteroatoms. The van der Waals surface area contributed by atoms with E-state index in [1.165, 1.54) is 33.9 Å². The molecule has 1 nitrogen and oxygen atoms in total. The molecule has 0 saturated heterocycles. The average molecular weight is 395 g/mol. The average Bonchev–Trinajstić information content (AvgIpc) is 3.17. The Labute approximate surface area is 167 Å². The molecule has 144 valence electrons. The van der Waals surface area contributed by atoms with Gasteiger partial charge in [-0.1, -0.05) is 60.3 Å². The summed E-state index contributed by atoms with van der Waals surface area (Å²) in [7, 11) is -2.98. The van der Waals surface area contributed by atoms with Crippen LogP contribution >= 0.6 is 0 Å². The van der Waals surface area contributed by atoms with Crippen molar-refractivity contribution in [3.63, 3.8) is 0 Å². The van der Waals surface area contributed by atoms with Gasteiger partial charge in [-0.25, -0.2) is 0 Å². The van der Waals surface area contributed by atoms with Gasteiger partial charge in [0.15, 0.2) is 8.32 Å². The van der Waals surface area contributed by atoms with Crippen LogP contribution in [0.4, 0.5) is 0 Å². The first-order valence-corrected chi connectivity index (χ1v) is 16.8. The summed E-state index contributed by atoms with van der Waals surface area (Å²) < 4.78 is 6.20. The summed E-state index contributed by atoms with van der Waals surface area (Å²) in [6.45, 7) is 17.3. The van der Waals surface area contributed by atoms with Gasteiger partial charge in [-0.2, -0.15) is 0 Å². The Morgan fingerprint density at radius 2 is 1.74 bits per heavy atom. The summed E-state index contributed by atoms with van der Waals surface area (Å²) >= 11 is 0. The van der Waals surface area contributed by atoms with Crippen LogP contribution in [0.3, 0.4) is 0 Å². The van der Waals surface area contributed by atoms with Crippen molar-refractivity contribution in [2.45, 2.75) is 59.0 Å². The van der Waals surface area contributed by atoms with Crippen LogP contribution in [0.2, 0.25) is 38.8 Å². The monoisotopic (exact) mass is 394 g/mol. The molecular formula is C24H34OSi2. The molecule has 0 atom stereocenters. The molecule has 0 saturated carbocycles. The molecule has 0 fully saturated rings. The van der Waals surface area contributed by atoms with Crippen molar-refractivity contribution in [2.24, 2.45) is 0 Å². The quantitative estimate of drug-likeness (QED) is 0.462. The van der Waals surface area contributed by atoms with Gasteiger partial charge in [-0.3, -0.25) is 0 Å². The molecule has 0 aliphatic heterocycles. The molecule has 1 aromatic rings. The Morgan fingerprint density at radius 3 is 2.41 bits per heavy atom. The minimum Gasteiger partial charge on any atom is -0.418 e. The van der Waals surface area contributed by atoms with Crippen LogP contribution in [0.5, 0.6) is 0 Å². The SMILES string of the molecule is CC(C)=C1C(C2=C([Si](C)(C)CCO[Si](C)(C)C)C=CC2)=Cc2ccccc21. The Morgan fingerprint density at radius 1 is 1.04 bits per heavy atom. The first-order chi connectivity index (χ1) is 12.6. The first kappa shape index (κ1) is 20.3. The summed E-state index contributed by atoms with van der Waals surface area (Å²) in [4.78, 5) is 0. The summed E-state index contributed by atoms with van der Waals surface area (Å²) in [5, 5.41) is 1.62. The second kappa shape index (κ2) is 7.53. The summed E-state index contributed by atoms with van der Waals surface area (Å²) in [6.07, 6.45) is 8.27. The standard InChI is InChI=1S/C24H34OSi2/c1-18(2)24-20-12-9-8-11-19(20)17-22(24)21-13-10-14-23(21)27(6,7)16-15-25-26(3,4)5/h8-12,14,17H,13,15-16H2,1-7H3. The third kappa shape index (κ3) is 4.36. The van der Waals surface area contributed by atoms with E-state index in [1.54, 1.807) is 10.8 Å². The normalized spacial score (nSPS) is 16.9. The summed E-state index contributed by atoms with van der Waals surface area (Å²) in [5.74, 6) is 0. The third-order valence-corrected chi connectivity index (χ3v) is 10.00. The van der Waals surface area contributed by atoms with E-state index in [-0.39, 0.29) is 0 Å². The zero-order valence-electron chi connectivity index (χ0n) is 18.1. The predicted octanol–water partition coefficient (Wildman–Crippen LogP) is 7.23. The van der Waals surface area contributed by atoms with Crippen molar-refractivity contribution in [1.82, 2.24) is 0 Å². The van der Waals surface area contributed by atoms with Gasteiger partial charge in [0.25, 0.3) is 0 Å². The molecule has 0 bridgehead atoms. The summed E-state index contributed by atoms with van der Waals surface area (Å²) in [5.41, 5.74) is 8.64. The molecular weight excluding hydrogens is 360 g/mol. The fraction of sp³-hybridized carbons (Fsp3) is 0.417. The van der Waals surface area contributed by atoms with Crippen LogP contribution in [-0.2, 0) is 4.43 Å². The van der Waals surface area contributed by atoms with Gasteiger partial charge in [0.05, 0.1) is 8.07 Å². The third-order valence-electron chi connectivity index (χ3n) is 5.55. The van der Waals surface area contributed by atoms with E-state index < -0.39 is 16.4 Å². The number of fused-ring (bicyclic) bond motifs is 1. The van der Waals surface area contributed by atoms with Crippen LogP contribution in [0.1, 0.15) is 31.4 Å². The Balaban J connectivity index is 1.95.